The number of hydrogen-bond acceptors (Lipinski definition) is 3. The van der Waals surface area contributed by atoms with Crippen LogP contribution in [0.5, 0.6) is 5.75 Å². The van der Waals surface area contributed by atoms with Crippen LogP contribution in [0, 0.1) is 13.8 Å². The van der Waals surface area contributed by atoms with E-state index >= 15 is 0 Å². The van der Waals surface area contributed by atoms with Crippen LogP contribution in [0.4, 0.5) is 11.4 Å². The van der Waals surface area contributed by atoms with E-state index in [9.17, 15) is 4.79 Å². The number of anilines is 2. The lowest BCUT2D eigenvalue weighted by Crippen LogP contribution is -2.22. The Bertz CT molecular complexity index is 918. The summed E-state index contributed by atoms with van der Waals surface area (Å²) >= 11 is 0. The minimum absolute atomic E-state index is 0.0726. The van der Waals surface area contributed by atoms with Crippen LogP contribution in [0.15, 0.2) is 72.8 Å². The lowest BCUT2D eigenvalue weighted by Gasteiger charge is -2.13. The zero-order valence-corrected chi connectivity index (χ0v) is 17.1. The molecule has 0 radical (unpaired) electrons. The van der Waals surface area contributed by atoms with Crippen molar-refractivity contribution in [3.05, 3.63) is 89.5 Å². The zero-order valence-electron chi connectivity index (χ0n) is 17.1. The van der Waals surface area contributed by atoms with Crippen molar-refractivity contribution < 1.29 is 9.53 Å². The zero-order chi connectivity index (χ0) is 20.5. The van der Waals surface area contributed by atoms with E-state index in [1.165, 1.54) is 5.56 Å². The molecule has 150 valence electrons. The fourth-order valence-corrected chi connectivity index (χ4v) is 3.18. The van der Waals surface area contributed by atoms with E-state index in [0.717, 1.165) is 41.1 Å². The van der Waals surface area contributed by atoms with E-state index < -0.39 is 0 Å². The number of hydrogen-bond donors (Lipinski definition) is 2. The monoisotopic (exact) mass is 388 g/mol. The summed E-state index contributed by atoms with van der Waals surface area (Å²) < 4.78 is 5.86. The molecule has 0 aliphatic heterocycles. The molecule has 4 heteroatoms. The molecule has 0 aromatic heterocycles. The fraction of sp³-hybridized carbons (Fsp3) is 0.240. The summed E-state index contributed by atoms with van der Waals surface area (Å²) in [5.74, 6) is 0.731. The highest BCUT2D eigenvalue weighted by Gasteiger charge is 2.07. The molecule has 1 amide bonds. The van der Waals surface area contributed by atoms with Crippen molar-refractivity contribution in [1.82, 2.24) is 0 Å². The lowest BCUT2D eigenvalue weighted by molar-refractivity contribution is -0.114. The van der Waals surface area contributed by atoms with Crippen LogP contribution in [0.3, 0.4) is 0 Å². The van der Waals surface area contributed by atoms with E-state index in [1.807, 2.05) is 62.4 Å². The number of para-hydroxylation sites is 1. The average molecular weight is 389 g/mol. The van der Waals surface area contributed by atoms with Gasteiger partial charge in [-0.25, -0.2) is 0 Å². The lowest BCUT2D eigenvalue weighted by atomic mass is 10.1. The van der Waals surface area contributed by atoms with Gasteiger partial charge < -0.3 is 15.4 Å². The Morgan fingerprint density at radius 3 is 2.38 bits per heavy atom. The molecular weight excluding hydrogens is 360 g/mol. The molecule has 0 fully saturated rings. The Morgan fingerprint density at radius 2 is 1.62 bits per heavy atom. The van der Waals surface area contributed by atoms with E-state index in [2.05, 4.69) is 34.9 Å². The highest BCUT2D eigenvalue weighted by Crippen LogP contribution is 2.20. The molecule has 0 bridgehead atoms. The van der Waals surface area contributed by atoms with Crippen LogP contribution in [0.1, 0.15) is 23.1 Å². The van der Waals surface area contributed by atoms with Crippen LogP contribution in [0.2, 0.25) is 0 Å². The Kier molecular flexibility index (Phi) is 7.28. The number of carbonyl (C=O) groups is 1. The van der Waals surface area contributed by atoms with Gasteiger partial charge in [0.1, 0.15) is 5.75 Å². The number of aryl methyl sites for hydroxylation is 3. The first-order valence-corrected chi connectivity index (χ1v) is 9.98. The highest BCUT2D eigenvalue weighted by molar-refractivity contribution is 5.95. The Labute approximate surface area is 172 Å². The van der Waals surface area contributed by atoms with Gasteiger partial charge in [0, 0.05) is 17.4 Å². The molecule has 0 atom stereocenters. The number of nitrogens with one attached hydrogen (secondary N) is 2. The summed E-state index contributed by atoms with van der Waals surface area (Å²) in [6.45, 7) is 4.85. The van der Waals surface area contributed by atoms with Crippen molar-refractivity contribution in [1.29, 1.82) is 0 Å². The maximum absolute atomic E-state index is 12.3. The van der Waals surface area contributed by atoms with Crippen molar-refractivity contribution in [2.75, 3.05) is 23.8 Å². The number of carbonyl (C=O) groups excluding carboxylic acids is 1. The standard InChI is InChI=1S/C25H28N2O2/c1-19-9-6-10-20(2)25(19)27-24(28)18-26-22-14-7-15-23(17-22)29-16-8-13-21-11-4-3-5-12-21/h3-7,9-12,14-15,17,26H,8,13,16,18H2,1-2H3,(H,27,28). The predicted octanol–water partition coefficient (Wildman–Crippen LogP) is 5.37. The van der Waals surface area contributed by atoms with Gasteiger partial charge in [-0.2, -0.15) is 0 Å². The topological polar surface area (TPSA) is 50.4 Å². The number of benzene rings is 3. The molecule has 0 heterocycles. The van der Waals surface area contributed by atoms with E-state index in [4.69, 9.17) is 4.74 Å². The van der Waals surface area contributed by atoms with Gasteiger partial charge >= 0.3 is 0 Å². The van der Waals surface area contributed by atoms with Gasteiger partial charge in [-0.3, -0.25) is 4.79 Å². The molecule has 3 aromatic rings. The van der Waals surface area contributed by atoms with Crippen LogP contribution in [-0.2, 0) is 11.2 Å². The number of rotatable bonds is 9. The van der Waals surface area contributed by atoms with Crippen molar-refractivity contribution in [3.8, 4) is 5.75 Å². The van der Waals surface area contributed by atoms with E-state index in [-0.39, 0.29) is 12.5 Å². The molecule has 0 aliphatic rings. The summed E-state index contributed by atoms with van der Waals surface area (Å²) in [5, 5.41) is 6.16. The number of amides is 1. The second kappa shape index (κ2) is 10.3. The van der Waals surface area contributed by atoms with E-state index in [0.29, 0.717) is 6.61 Å². The molecule has 3 aromatic carbocycles. The number of ether oxygens (including phenoxy) is 1. The third kappa shape index (κ3) is 6.39. The quantitative estimate of drug-likeness (QED) is 0.485. The van der Waals surface area contributed by atoms with E-state index in [1.54, 1.807) is 0 Å². The van der Waals surface area contributed by atoms with Gasteiger partial charge in [0.25, 0.3) is 0 Å². The minimum atomic E-state index is -0.0726. The Morgan fingerprint density at radius 1 is 0.897 bits per heavy atom. The summed E-state index contributed by atoms with van der Waals surface area (Å²) in [6.07, 6.45) is 1.96. The molecule has 0 unspecified atom stereocenters. The first-order valence-electron chi connectivity index (χ1n) is 9.98. The van der Waals surface area contributed by atoms with Crippen molar-refractivity contribution in [2.24, 2.45) is 0 Å². The largest absolute Gasteiger partial charge is 0.494 e. The highest BCUT2D eigenvalue weighted by atomic mass is 16.5. The van der Waals surface area contributed by atoms with Gasteiger partial charge in [-0.1, -0.05) is 54.6 Å². The smallest absolute Gasteiger partial charge is 0.243 e. The predicted molar refractivity (Wildman–Crippen MR) is 120 cm³/mol. The van der Waals surface area contributed by atoms with Crippen molar-refractivity contribution in [2.45, 2.75) is 26.7 Å². The molecule has 2 N–H and O–H groups in total. The summed E-state index contributed by atoms with van der Waals surface area (Å²) in [7, 11) is 0. The second-order valence-electron chi connectivity index (χ2n) is 7.13. The molecule has 4 nitrogen and oxygen atoms in total. The van der Waals surface area contributed by atoms with Crippen LogP contribution < -0.4 is 15.4 Å². The maximum Gasteiger partial charge on any atom is 0.243 e. The van der Waals surface area contributed by atoms with Gasteiger partial charge in [-0.05, 0) is 55.5 Å². The van der Waals surface area contributed by atoms with Crippen molar-refractivity contribution in [3.63, 3.8) is 0 Å². The molecular formula is C25H28N2O2. The van der Waals surface area contributed by atoms with Crippen LogP contribution >= 0.6 is 0 Å². The third-order valence-electron chi connectivity index (χ3n) is 4.75. The molecule has 0 aliphatic carbocycles. The van der Waals surface area contributed by atoms with Crippen LogP contribution in [-0.4, -0.2) is 19.1 Å². The Balaban J connectivity index is 1.45. The van der Waals surface area contributed by atoms with Crippen LogP contribution in [0.25, 0.3) is 0 Å². The summed E-state index contributed by atoms with van der Waals surface area (Å²) in [6, 6.07) is 24.1. The summed E-state index contributed by atoms with van der Waals surface area (Å²) in [5.41, 5.74) is 5.19. The van der Waals surface area contributed by atoms with Gasteiger partial charge in [-0.15, -0.1) is 0 Å². The van der Waals surface area contributed by atoms with Gasteiger partial charge in [0.2, 0.25) is 5.91 Å². The SMILES string of the molecule is Cc1cccc(C)c1NC(=O)CNc1cccc(OCCCc2ccccc2)c1. The minimum Gasteiger partial charge on any atom is -0.494 e. The fourth-order valence-electron chi connectivity index (χ4n) is 3.18. The normalized spacial score (nSPS) is 10.4. The van der Waals surface area contributed by atoms with Gasteiger partial charge in [0.15, 0.2) is 0 Å². The molecule has 3 rings (SSSR count). The molecule has 0 saturated heterocycles. The van der Waals surface area contributed by atoms with Gasteiger partial charge in [0.05, 0.1) is 13.2 Å². The molecule has 0 saturated carbocycles. The van der Waals surface area contributed by atoms with Crippen molar-refractivity contribution >= 4 is 17.3 Å². The maximum atomic E-state index is 12.3. The average Bonchev–Trinajstić information content (AvgIpc) is 2.74. The molecule has 0 spiro atoms. The first-order chi connectivity index (χ1) is 14.1. The Hall–Kier alpha value is -3.27. The second-order valence-corrected chi connectivity index (χ2v) is 7.13. The summed E-state index contributed by atoms with van der Waals surface area (Å²) in [4.78, 5) is 12.3. The molecule has 29 heavy (non-hydrogen) atoms. The first kappa shape index (κ1) is 20.5. The third-order valence-corrected chi connectivity index (χ3v) is 4.75.